The van der Waals surface area contributed by atoms with Gasteiger partial charge in [-0.2, -0.15) is 0 Å². The summed E-state index contributed by atoms with van der Waals surface area (Å²) in [4.78, 5) is 0. The van der Waals surface area contributed by atoms with E-state index in [2.05, 4.69) is 18.1 Å². The van der Waals surface area contributed by atoms with Crippen molar-refractivity contribution in [2.45, 2.75) is 31.6 Å². The number of halogens is 2. The van der Waals surface area contributed by atoms with Crippen molar-refractivity contribution in [3.63, 3.8) is 0 Å². The molecule has 142 valence electrons. The smallest absolute Gasteiger partial charge is 0.141 e. The lowest BCUT2D eigenvalue weighted by molar-refractivity contribution is 0.481. The molecule has 3 heteroatoms. The maximum absolute atomic E-state index is 13.5. The Hall–Kier alpha value is -2.76. The molecule has 3 rings (SSSR count). The number of para-hydroxylation sites is 1. The number of hydrogen-bond donors (Lipinski definition) is 0. The van der Waals surface area contributed by atoms with E-state index in [4.69, 9.17) is 22.8 Å². The molecule has 0 aromatic heterocycles. The first-order valence-electron chi connectivity index (χ1n) is 9.25. The number of hydrogen-bond acceptors (Lipinski definition) is 1. The molecule has 0 spiro atoms. The van der Waals surface area contributed by atoms with Crippen molar-refractivity contribution < 1.29 is 9.13 Å². The second-order valence-corrected chi connectivity index (χ2v) is 7.43. The Morgan fingerprint density at radius 1 is 1.00 bits per heavy atom. The summed E-state index contributed by atoms with van der Waals surface area (Å²) in [6.45, 7) is 1.99. The van der Waals surface area contributed by atoms with Crippen LogP contribution in [0.4, 0.5) is 4.39 Å². The number of benzene rings is 3. The molecule has 0 N–H and O–H groups in total. The Bertz CT molecular complexity index is 977. The largest absolute Gasteiger partial charge is 0.457 e. The van der Waals surface area contributed by atoms with Crippen molar-refractivity contribution in [1.82, 2.24) is 0 Å². The molecule has 0 aliphatic carbocycles. The van der Waals surface area contributed by atoms with E-state index in [0.29, 0.717) is 0 Å². The standard InChI is InChI=1S/C25H22ClFO/c1-3-25(2,20-14-15-24(27)23(26)18-20)16-8-10-19-9-7-13-22(17-19)28-21-11-5-4-6-12-21/h1,4-7,9,11-15,17-18H,8,10,16H2,2H3. The van der Waals surface area contributed by atoms with E-state index in [9.17, 15) is 4.39 Å². The van der Waals surface area contributed by atoms with Crippen LogP contribution in [0.2, 0.25) is 5.02 Å². The fraction of sp³-hybridized carbons (Fsp3) is 0.200. The highest BCUT2D eigenvalue weighted by molar-refractivity contribution is 6.30. The molecule has 0 aliphatic heterocycles. The van der Waals surface area contributed by atoms with E-state index in [0.717, 1.165) is 36.3 Å². The minimum Gasteiger partial charge on any atom is -0.457 e. The molecule has 0 bridgehead atoms. The van der Waals surface area contributed by atoms with Crippen LogP contribution in [0.25, 0.3) is 0 Å². The van der Waals surface area contributed by atoms with Crippen LogP contribution in [0.3, 0.4) is 0 Å². The summed E-state index contributed by atoms with van der Waals surface area (Å²) in [7, 11) is 0. The average Bonchev–Trinajstić information content (AvgIpc) is 2.71. The molecule has 28 heavy (non-hydrogen) atoms. The fourth-order valence-corrected chi connectivity index (χ4v) is 3.35. The maximum atomic E-state index is 13.5. The summed E-state index contributed by atoms with van der Waals surface area (Å²) >= 11 is 5.93. The SMILES string of the molecule is C#CC(C)(CCCc1cccc(Oc2ccccc2)c1)c1ccc(F)c(Cl)c1. The van der Waals surface area contributed by atoms with E-state index in [1.165, 1.54) is 11.6 Å². The first-order valence-corrected chi connectivity index (χ1v) is 9.63. The molecule has 0 heterocycles. The molecule has 1 unspecified atom stereocenters. The summed E-state index contributed by atoms with van der Waals surface area (Å²) in [5, 5.41) is 0.102. The molecule has 0 fully saturated rings. The maximum Gasteiger partial charge on any atom is 0.141 e. The third kappa shape index (κ3) is 4.94. The number of terminal acetylenes is 1. The van der Waals surface area contributed by atoms with Crippen LogP contribution in [-0.4, -0.2) is 0 Å². The topological polar surface area (TPSA) is 9.23 Å². The summed E-state index contributed by atoms with van der Waals surface area (Å²) in [6.07, 6.45) is 8.35. The Kier molecular flexibility index (Phi) is 6.39. The van der Waals surface area contributed by atoms with Crippen LogP contribution >= 0.6 is 11.6 Å². The summed E-state index contributed by atoms with van der Waals surface area (Å²) in [5.41, 5.74) is 1.56. The predicted octanol–water partition coefficient (Wildman–Crippen LogP) is 7.19. The van der Waals surface area contributed by atoms with E-state index in [-0.39, 0.29) is 5.02 Å². The fourth-order valence-electron chi connectivity index (χ4n) is 3.17. The number of rotatable bonds is 7. The van der Waals surface area contributed by atoms with Crippen molar-refractivity contribution in [1.29, 1.82) is 0 Å². The van der Waals surface area contributed by atoms with Crippen LogP contribution in [0.15, 0.2) is 72.8 Å². The predicted molar refractivity (Wildman–Crippen MR) is 113 cm³/mol. The molecule has 0 amide bonds. The monoisotopic (exact) mass is 392 g/mol. The van der Waals surface area contributed by atoms with Gasteiger partial charge in [-0.1, -0.05) is 53.9 Å². The third-order valence-corrected chi connectivity index (χ3v) is 5.18. The van der Waals surface area contributed by atoms with E-state index in [1.807, 2.05) is 49.4 Å². The molecule has 1 atom stereocenters. The average molecular weight is 393 g/mol. The van der Waals surface area contributed by atoms with Gasteiger partial charge in [0.05, 0.1) is 10.4 Å². The lowest BCUT2D eigenvalue weighted by Gasteiger charge is -2.24. The minimum atomic E-state index is -0.491. The van der Waals surface area contributed by atoms with Gasteiger partial charge in [0.15, 0.2) is 0 Å². The van der Waals surface area contributed by atoms with Gasteiger partial charge in [0.2, 0.25) is 0 Å². The lowest BCUT2D eigenvalue weighted by Crippen LogP contribution is -2.20. The van der Waals surface area contributed by atoms with Crippen LogP contribution in [0.1, 0.15) is 30.9 Å². The van der Waals surface area contributed by atoms with Gasteiger partial charge in [0.1, 0.15) is 17.3 Å². The van der Waals surface area contributed by atoms with Gasteiger partial charge in [0, 0.05) is 0 Å². The lowest BCUT2D eigenvalue weighted by atomic mass is 9.78. The quantitative estimate of drug-likeness (QED) is 0.387. The highest BCUT2D eigenvalue weighted by Gasteiger charge is 2.24. The number of ether oxygens (including phenoxy) is 1. The zero-order valence-electron chi connectivity index (χ0n) is 15.8. The molecule has 0 aliphatic rings. The van der Waals surface area contributed by atoms with Gasteiger partial charge in [-0.05, 0) is 73.7 Å². The van der Waals surface area contributed by atoms with Crippen molar-refractivity contribution in [2.24, 2.45) is 0 Å². The van der Waals surface area contributed by atoms with Crippen LogP contribution in [0.5, 0.6) is 11.5 Å². The van der Waals surface area contributed by atoms with Gasteiger partial charge >= 0.3 is 0 Å². The van der Waals surface area contributed by atoms with Gasteiger partial charge < -0.3 is 4.74 Å². The summed E-state index contributed by atoms with van der Waals surface area (Å²) in [5.74, 6) is 4.06. The Morgan fingerprint density at radius 3 is 2.46 bits per heavy atom. The molecule has 0 saturated heterocycles. The Labute approximate surface area is 171 Å². The minimum absolute atomic E-state index is 0.102. The summed E-state index contributed by atoms with van der Waals surface area (Å²) < 4.78 is 19.4. The Morgan fingerprint density at radius 2 is 1.75 bits per heavy atom. The van der Waals surface area contributed by atoms with Crippen LogP contribution in [-0.2, 0) is 11.8 Å². The zero-order valence-corrected chi connectivity index (χ0v) is 16.5. The van der Waals surface area contributed by atoms with E-state index < -0.39 is 11.2 Å². The molecular weight excluding hydrogens is 371 g/mol. The van der Waals surface area contributed by atoms with Gasteiger partial charge in [-0.25, -0.2) is 4.39 Å². The molecule has 3 aromatic carbocycles. The van der Waals surface area contributed by atoms with Crippen LogP contribution in [0, 0.1) is 18.2 Å². The summed E-state index contributed by atoms with van der Waals surface area (Å²) in [6, 6.07) is 22.5. The molecule has 1 nitrogen and oxygen atoms in total. The molecule has 3 aromatic rings. The highest BCUT2D eigenvalue weighted by atomic mass is 35.5. The third-order valence-electron chi connectivity index (χ3n) is 4.89. The van der Waals surface area contributed by atoms with Crippen molar-refractivity contribution in [3.8, 4) is 23.8 Å². The van der Waals surface area contributed by atoms with Crippen LogP contribution < -0.4 is 4.74 Å². The highest BCUT2D eigenvalue weighted by Crippen LogP contribution is 2.32. The second kappa shape index (κ2) is 8.95. The van der Waals surface area contributed by atoms with E-state index >= 15 is 0 Å². The van der Waals surface area contributed by atoms with Crippen molar-refractivity contribution >= 4 is 11.6 Å². The molecular formula is C25H22ClFO. The molecule has 0 saturated carbocycles. The Balaban J connectivity index is 1.64. The zero-order chi connectivity index (χ0) is 20.0. The van der Waals surface area contributed by atoms with Crippen molar-refractivity contribution in [2.75, 3.05) is 0 Å². The van der Waals surface area contributed by atoms with Gasteiger partial charge in [-0.3, -0.25) is 0 Å². The van der Waals surface area contributed by atoms with Crippen molar-refractivity contribution in [3.05, 3.63) is 94.8 Å². The first-order chi connectivity index (χ1) is 13.5. The first kappa shape index (κ1) is 20.0. The van der Waals surface area contributed by atoms with Gasteiger partial charge in [-0.15, -0.1) is 6.42 Å². The van der Waals surface area contributed by atoms with Gasteiger partial charge in [0.25, 0.3) is 0 Å². The molecule has 0 radical (unpaired) electrons. The normalized spacial score (nSPS) is 12.8. The number of aryl methyl sites for hydroxylation is 1. The second-order valence-electron chi connectivity index (χ2n) is 7.02. The van der Waals surface area contributed by atoms with E-state index in [1.54, 1.807) is 12.1 Å².